The molecule has 7 heteroatoms. The lowest BCUT2D eigenvalue weighted by Gasteiger charge is -2.23. The molecule has 0 fully saturated rings. The van der Waals surface area contributed by atoms with Gasteiger partial charge in [-0.2, -0.15) is 9.61 Å². The molecule has 0 aliphatic heterocycles. The van der Waals surface area contributed by atoms with Crippen molar-refractivity contribution < 1.29 is 5.11 Å². The lowest BCUT2D eigenvalue weighted by molar-refractivity contribution is 0.233. The first-order chi connectivity index (χ1) is 7.52. The average molecular weight is 223 g/mol. The van der Waals surface area contributed by atoms with E-state index in [-0.39, 0.29) is 12.3 Å². The molecule has 0 radical (unpaired) electrons. The number of aromatic nitrogens is 4. The Morgan fingerprint density at radius 3 is 3.00 bits per heavy atom. The van der Waals surface area contributed by atoms with Crippen LogP contribution in [0, 0.1) is 0 Å². The van der Waals surface area contributed by atoms with E-state index < -0.39 is 5.54 Å². The van der Waals surface area contributed by atoms with Gasteiger partial charge in [-0.05, 0) is 26.0 Å². The lowest BCUT2D eigenvalue weighted by Crippen LogP contribution is -2.35. The van der Waals surface area contributed by atoms with Crippen LogP contribution in [0.15, 0.2) is 16.9 Å². The van der Waals surface area contributed by atoms with Gasteiger partial charge in [0.1, 0.15) is 5.82 Å². The molecule has 3 N–H and O–H groups in total. The maximum atomic E-state index is 11.3. The third-order valence-electron chi connectivity index (χ3n) is 2.14. The fourth-order valence-corrected chi connectivity index (χ4v) is 1.26. The number of aliphatic hydroxyl groups is 1. The van der Waals surface area contributed by atoms with E-state index in [1.165, 1.54) is 0 Å². The average Bonchev–Trinajstić information content (AvgIpc) is 2.60. The van der Waals surface area contributed by atoms with E-state index in [1.54, 1.807) is 12.1 Å². The minimum atomic E-state index is -0.492. The van der Waals surface area contributed by atoms with Gasteiger partial charge in [0.2, 0.25) is 0 Å². The van der Waals surface area contributed by atoms with Crippen molar-refractivity contribution in [3.05, 3.63) is 22.6 Å². The molecule has 7 nitrogen and oxygen atoms in total. The highest BCUT2D eigenvalue weighted by Crippen LogP contribution is 2.11. The van der Waals surface area contributed by atoms with Crippen LogP contribution in [-0.2, 0) is 0 Å². The Kier molecular flexibility index (Phi) is 2.39. The van der Waals surface area contributed by atoms with Crippen LogP contribution in [0.3, 0.4) is 0 Å². The smallest absolute Gasteiger partial charge is 0.364 e. The standard InChI is InChI=1S/C9H13N5O2/c1-9(2,5-15)10-6-3-4-7-11-12-8(16)14(7)13-6/h3-4,15H,5H2,1-2H3,(H,10,13)(H,12,16). The minimum absolute atomic E-state index is 0.0347. The molecule has 0 aromatic carbocycles. The molecule has 2 aromatic heterocycles. The van der Waals surface area contributed by atoms with Gasteiger partial charge in [0, 0.05) is 0 Å². The fourth-order valence-electron chi connectivity index (χ4n) is 1.26. The maximum Gasteiger partial charge on any atom is 0.364 e. The summed E-state index contributed by atoms with van der Waals surface area (Å²) in [5, 5.41) is 22.2. The van der Waals surface area contributed by atoms with Crippen molar-refractivity contribution in [2.75, 3.05) is 11.9 Å². The molecule has 0 aliphatic rings. The van der Waals surface area contributed by atoms with Crippen LogP contribution in [0.4, 0.5) is 5.82 Å². The second-order valence-corrected chi connectivity index (χ2v) is 4.18. The highest BCUT2D eigenvalue weighted by atomic mass is 16.3. The van der Waals surface area contributed by atoms with E-state index in [9.17, 15) is 4.79 Å². The van der Waals surface area contributed by atoms with Gasteiger partial charge >= 0.3 is 5.69 Å². The summed E-state index contributed by atoms with van der Waals surface area (Å²) in [5.41, 5.74) is -0.425. The Labute approximate surface area is 91.1 Å². The van der Waals surface area contributed by atoms with Crippen molar-refractivity contribution in [2.24, 2.45) is 0 Å². The molecule has 0 aliphatic carbocycles. The van der Waals surface area contributed by atoms with Crippen molar-refractivity contribution in [1.29, 1.82) is 0 Å². The number of H-pyrrole nitrogens is 1. The van der Waals surface area contributed by atoms with Crippen LogP contribution in [0.1, 0.15) is 13.8 Å². The SMILES string of the molecule is CC(C)(CO)Nc1ccc2n[nH]c(=O)n2n1. The minimum Gasteiger partial charge on any atom is -0.394 e. The largest absolute Gasteiger partial charge is 0.394 e. The van der Waals surface area contributed by atoms with Crippen molar-refractivity contribution >= 4 is 11.5 Å². The van der Waals surface area contributed by atoms with E-state index >= 15 is 0 Å². The molecule has 16 heavy (non-hydrogen) atoms. The third kappa shape index (κ3) is 1.89. The number of nitrogens with one attached hydrogen (secondary N) is 2. The maximum absolute atomic E-state index is 11.3. The molecule has 0 saturated carbocycles. The summed E-state index contributed by atoms with van der Waals surface area (Å²) in [5.74, 6) is 0.509. The van der Waals surface area contributed by atoms with Gasteiger partial charge in [0.15, 0.2) is 5.65 Å². The topological polar surface area (TPSA) is 95.3 Å². The van der Waals surface area contributed by atoms with Gasteiger partial charge in [0.25, 0.3) is 0 Å². The van der Waals surface area contributed by atoms with E-state index in [2.05, 4.69) is 20.6 Å². The zero-order valence-electron chi connectivity index (χ0n) is 9.06. The molecule has 2 aromatic rings. The summed E-state index contributed by atoms with van der Waals surface area (Å²) >= 11 is 0. The summed E-state index contributed by atoms with van der Waals surface area (Å²) in [7, 11) is 0. The van der Waals surface area contributed by atoms with Gasteiger partial charge < -0.3 is 10.4 Å². The van der Waals surface area contributed by atoms with Crippen LogP contribution in [0.5, 0.6) is 0 Å². The molecule has 0 amide bonds. The second-order valence-electron chi connectivity index (χ2n) is 4.18. The molecular formula is C9H13N5O2. The zero-order valence-corrected chi connectivity index (χ0v) is 9.06. The normalized spacial score (nSPS) is 11.9. The van der Waals surface area contributed by atoms with Crippen LogP contribution >= 0.6 is 0 Å². The highest BCUT2D eigenvalue weighted by Gasteiger charge is 2.16. The summed E-state index contributed by atoms with van der Waals surface area (Å²) in [4.78, 5) is 11.3. The van der Waals surface area contributed by atoms with Gasteiger partial charge in [-0.25, -0.2) is 9.89 Å². The van der Waals surface area contributed by atoms with Gasteiger partial charge in [-0.15, -0.1) is 5.10 Å². The number of rotatable bonds is 3. The van der Waals surface area contributed by atoms with Gasteiger partial charge in [0.05, 0.1) is 12.1 Å². The first kappa shape index (κ1) is 10.6. The van der Waals surface area contributed by atoms with Crippen LogP contribution < -0.4 is 11.0 Å². The van der Waals surface area contributed by atoms with E-state index in [1.807, 2.05) is 13.8 Å². The Bertz CT molecular complexity index is 556. The van der Waals surface area contributed by atoms with Crippen molar-refractivity contribution in [3.63, 3.8) is 0 Å². The van der Waals surface area contributed by atoms with Gasteiger partial charge in [-0.1, -0.05) is 0 Å². The number of anilines is 1. The predicted octanol–water partition coefficient (Wildman–Crippen LogP) is -0.400. The summed E-state index contributed by atoms with van der Waals surface area (Å²) < 4.78 is 1.16. The fraction of sp³-hybridized carbons (Fsp3) is 0.444. The molecule has 0 atom stereocenters. The Hall–Kier alpha value is -1.89. The first-order valence-corrected chi connectivity index (χ1v) is 4.85. The first-order valence-electron chi connectivity index (χ1n) is 4.85. The number of fused-ring (bicyclic) bond motifs is 1. The number of nitrogens with zero attached hydrogens (tertiary/aromatic N) is 3. The Balaban J connectivity index is 2.39. The van der Waals surface area contributed by atoms with Gasteiger partial charge in [-0.3, -0.25) is 0 Å². The summed E-state index contributed by atoms with van der Waals surface area (Å²) in [6.45, 7) is 3.63. The summed E-state index contributed by atoms with van der Waals surface area (Å²) in [6.07, 6.45) is 0. The number of aromatic amines is 1. The van der Waals surface area contributed by atoms with Crippen LogP contribution in [0.2, 0.25) is 0 Å². The molecule has 0 bridgehead atoms. The lowest BCUT2D eigenvalue weighted by atomic mass is 10.1. The van der Waals surface area contributed by atoms with Crippen molar-refractivity contribution in [1.82, 2.24) is 19.8 Å². The van der Waals surface area contributed by atoms with E-state index in [0.717, 1.165) is 4.52 Å². The number of hydrogen-bond acceptors (Lipinski definition) is 5. The highest BCUT2D eigenvalue weighted by molar-refractivity contribution is 5.44. The summed E-state index contributed by atoms with van der Waals surface area (Å²) in [6, 6.07) is 3.37. The number of aliphatic hydroxyl groups excluding tert-OH is 1. The number of hydrogen-bond donors (Lipinski definition) is 3. The molecule has 0 spiro atoms. The molecular weight excluding hydrogens is 210 g/mol. The van der Waals surface area contributed by atoms with E-state index in [4.69, 9.17) is 5.11 Å². The Morgan fingerprint density at radius 2 is 2.31 bits per heavy atom. The monoisotopic (exact) mass is 223 g/mol. The Morgan fingerprint density at radius 1 is 1.56 bits per heavy atom. The van der Waals surface area contributed by atoms with Crippen molar-refractivity contribution in [3.8, 4) is 0 Å². The third-order valence-corrected chi connectivity index (χ3v) is 2.14. The molecule has 2 heterocycles. The van der Waals surface area contributed by atoms with Crippen LogP contribution in [0.25, 0.3) is 5.65 Å². The molecule has 0 unspecified atom stereocenters. The quantitative estimate of drug-likeness (QED) is 0.658. The van der Waals surface area contributed by atoms with Crippen LogP contribution in [-0.4, -0.2) is 37.1 Å². The van der Waals surface area contributed by atoms with Crippen molar-refractivity contribution in [2.45, 2.75) is 19.4 Å². The molecule has 0 saturated heterocycles. The molecule has 2 rings (SSSR count). The second kappa shape index (κ2) is 3.60. The zero-order chi connectivity index (χ0) is 11.8. The predicted molar refractivity (Wildman–Crippen MR) is 58.4 cm³/mol. The molecule has 86 valence electrons. The van der Waals surface area contributed by atoms with E-state index in [0.29, 0.717) is 11.5 Å².